The molecule has 0 unspecified atom stereocenters. The third-order valence-electron chi connectivity index (χ3n) is 2.76. The summed E-state index contributed by atoms with van der Waals surface area (Å²) in [4.78, 5) is 35.8. The topological polar surface area (TPSA) is 89.7 Å². The number of carbonyl (C=O) groups excluding carboxylic acids is 3. The minimum absolute atomic E-state index is 0.00465. The average Bonchev–Trinajstić information content (AvgIpc) is 2.35. The summed E-state index contributed by atoms with van der Waals surface area (Å²) in [6.07, 6.45) is 0.108. The molecule has 2 amide bonds. The number of fused-ring (bicyclic) bond motifs is 1. The Hall–Kier alpha value is -2.37. The van der Waals surface area contributed by atoms with E-state index in [1.165, 1.54) is 13.0 Å². The molecule has 1 heterocycles. The molecule has 1 aliphatic rings. The van der Waals surface area contributed by atoms with Gasteiger partial charge in [0.1, 0.15) is 11.5 Å². The lowest BCUT2D eigenvalue weighted by Crippen LogP contribution is -2.43. The number of rotatable bonds is 3. The number of ketones is 1. The zero-order valence-electron chi connectivity index (χ0n) is 10.5. The van der Waals surface area contributed by atoms with Crippen LogP contribution in [-0.4, -0.2) is 24.2 Å². The molecule has 0 atom stereocenters. The van der Waals surface area contributed by atoms with Crippen molar-refractivity contribution in [2.45, 2.75) is 19.8 Å². The molecule has 6 nitrogen and oxygen atoms in total. The highest BCUT2D eigenvalue weighted by Crippen LogP contribution is 2.34. The van der Waals surface area contributed by atoms with E-state index in [9.17, 15) is 14.4 Å². The average molecular weight is 262 g/mol. The van der Waals surface area contributed by atoms with Gasteiger partial charge in [0.05, 0.1) is 5.69 Å². The largest absolute Gasteiger partial charge is 0.482 e. The predicted molar refractivity (Wildman–Crippen MR) is 68.8 cm³/mol. The highest BCUT2D eigenvalue weighted by atomic mass is 16.5. The number of hydrogen-bond acceptors (Lipinski definition) is 5. The molecule has 0 spiro atoms. The minimum atomic E-state index is -0.452. The van der Waals surface area contributed by atoms with Crippen LogP contribution in [-0.2, 0) is 14.4 Å². The van der Waals surface area contributed by atoms with Crippen molar-refractivity contribution in [2.24, 2.45) is 0 Å². The first-order valence-electron chi connectivity index (χ1n) is 5.86. The first kappa shape index (κ1) is 13.1. The number of carbonyl (C=O) groups is 3. The number of ether oxygens (including phenoxy) is 1. The van der Waals surface area contributed by atoms with Crippen LogP contribution in [0, 0.1) is 0 Å². The number of nitrogen functional groups attached to an aromatic ring is 1. The number of Topliss-reactive ketones (excluding diaryl/α,β-unsaturated/α-hetero) is 1. The highest BCUT2D eigenvalue weighted by molar-refractivity contribution is 6.17. The second kappa shape index (κ2) is 5.09. The van der Waals surface area contributed by atoms with E-state index < -0.39 is 11.8 Å². The van der Waals surface area contributed by atoms with Gasteiger partial charge < -0.3 is 15.3 Å². The number of hydrogen-bond donors (Lipinski definition) is 1. The summed E-state index contributed by atoms with van der Waals surface area (Å²) in [5.74, 6) is -0.533. The van der Waals surface area contributed by atoms with Crippen molar-refractivity contribution < 1.29 is 19.1 Å². The summed E-state index contributed by atoms with van der Waals surface area (Å²) in [5.41, 5.74) is 6.42. The van der Waals surface area contributed by atoms with Crippen molar-refractivity contribution in [3.63, 3.8) is 0 Å². The summed E-state index contributed by atoms with van der Waals surface area (Å²) >= 11 is 0. The normalized spacial score (nSPS) is 13.7. The van der Waals surface area contributed by atoms with Crippen LogP contribution >= 0.6 is 0 Å². The summed E-state index contributed by atoms with van der Waals surface area (Å²) < 4.78 is 5.23. The van der Waals surface area contributed by atoms with Crippen molar-refractivity contribution in [3.05, 3.63) is 18.2 Å². The third-order valence-corrected chi connectivity index (χ3v) is 2.76. The SMILES string of the molecule is CC(=O)CCC(=O)N1C(=O)COc2ccc(N)cc21. The van der Waals surface area contributed by atoms with Gasteiger partial charge in [0, 0.05) is 18.5 Å². The molecule has 1 aliphatic heterocycles. The molecule has 0 radical (unpaired) electrons. The van der Waals surface area contributed by atoms with Crippen LogP contribution in [0.25, 0.3) is 0 Å². The molecule has 6 heteroatoms. The first-order valence-corrected chi connectivity index (χ1v) is 5.86. The zero-order valence-corrected chi connectivity index (χ0v) is 10.5. The summed E-state index contributed by atoms with van der Waals surface area (Å²) in [7, 11) is 0. The van der Waals surface area contributed by atoms with Crippen molar-refractivity contribution in [1.82, 2.24) is 0 Å². The van der Waals surface area contributed by atoms with Crippen LogP contribution in [0.2, 0.25) is 0 Å². The second-order valence-corrected chi connectivity index (χ2v) is 4.34. The first-order chi connectivity index (χ1) is 8.99. The van der Waals surface area contributed by atoms with Gasteiger partial charge in [0.15, 0.2) is 6.61 Å². The van der Waals surface area contributed by atoms with Gasteiger partial charge in [0.25, 0.3) is 5.91 Å². The van der Waals surface area contributed by atoms with Gasteiger partial charge in [-0.3, -0.25) is 9.59 Å². The van der Waals surface area contributed by atoms with E-state index in [1.807, 2.05) is 0 Å². The fourth-order valence-electron chi connectivity index (χ4n) is 1.84. The molecule has 0 aromatic heterocycles. The molecular weight excluding hydrogens is 248 g/mol. The number of benzene rings is 1. The quantitative estimate of drug-likeness (QED) is 0.817. The summed E-state index contributed by atoms with van der Waals surface area (Å²) in [5, 5.41) is 0. The fourth-order valence-corrected chi connectivity index (χ4v) is 1.84. The van der Waals surface area contributed by atoms with E-state index in [0.717, 1.165) is 4.90 Å². The number of nitrogens with two attached hydrogens (primary N) is 1. The minimum Gasteiger partial charge on any atom is -0.482 e. The molecule has 19 heavy (non-hydrogen) atoms. The van der Waals surface area contributed by atoms with Crippen LogP contribution in [0.1, 0.15) is 19.8 Å². The van der Waals surface area contributed by atoms with E-state index in [4.69, 9.17) is 10.5 Å². The van der Waals surface area contributed by atoms with Gasteiger partial charge in [-0.05, 0) is 25.1 Å². The van der Waals surface area contributed by atoms with E-state index in [-0.39, 0.29) is 25.2 Å². The number of amides is 2. The predicted octanol–water partition coefficient (Wildman–Crippen LogP) is 0.890. The standard InChI is InChI=1S/C13H14N2O4/c1-8(16)2-5-12(17)15-10-6-9(14)3-4-11(10)19-7-13(15)18/h3-4,6H,2,5,7,14H2,1H3. The molecule has 1 aromatic carbocycles. The van der Waals surface area contributed by atoms with Crippen LogP contribution in [0.15, 0.2) is 18.2 Å². The monoisotopic (exact) mass is 262 g/mol. The number of imide groups is 1. The summed E-state index contributed by atoms with van der Waals surface area (Å²) in [6, 6.07) is 4.76. The smallest absolute Gasteiger partial charge is 0.271 e. The Morgan fingerprint density at radius 1 is 1.37 bits per heavy atom. The lowest BCUT2D eigenvalue weighted by atomic mass is 10.1. The maximum atomic E-state index is 12.0. The van der Waals surface area contributed by atoms with Crippen LogP contribution < -0.4 is 15.4 Å². The number of nitrogens with zero attached hydrogens (tertiary/aromatic N) is 1. The molecule has 0 saturated carbocycles. The van der Waals surface area contributed by atoms with Crippen molar-refractivity contribution in [1.29, 1.82) is 0 Å². The van der Waals surface area contributed by atoms with E-state index >= 15 is 0 Å². The van der Waals surface area contributed by atoms with Gasteiger partial charge in [-0.2, -0.15) is 0 Å². The van der Waals surface area contributed by atoms with Gasteiger partial charge in [0.2, 0.25) is 5.91 Å². The van der Waals surface area contributed by atoms with E-state index in [1.54, 1.807) is 12.1 Å². The second-order valence-electron chi connectivity index (χ2n) is 4.34. The Morgan fingerprint density at radius 2 is 2.11 bits per heavy atom. The Morgan fingerprint density at radius 3 is 2.79 bits per heavy atom. The maximum Gasteiger partial charge on any atom is 0.271 e. The molecule has 1 aromatic rings. The zero-order chi connectivity index (χ0) is 14.0. The van der Waals surface area contributed by atoms with Crippen LogP contribution in [0.4, 0.5) is 11.4 Å². The van der Waals surface area contributed by atoms with Crippen LogP contribution in [0.3, 0.4) is 0 Å². The summed E-state index contributed by atoms with van der Waals surface area (Å²) in [6.45, 7) is 1.21. The van der Waals surface area contributed by atoms with Gasteiger partial charge in [-0.1, -0.05) is 0 Å². The molecule has 0 saturated heterocycles. The Balaban J connectivity index is 2.29. The van der Waals surface area contributed by atoms with E-state index in [2.05, 4.69) is 0 Å². The molecule has 0 aliphatic carbocycles. The molecule has 2 N–H and O–H groups in total. The van der Waals surface area contributed by atoms with Crippen molar-refractivity contribution in [2.75, 3.05) is 17.2 Å². The molecule has 100 valence electrons. The van der Waals surface area contributed by atoms with Crippen LogP contribution in [0.5, 0.6) is 5.75 Å². The molecular formula is C13H14N2O4. The van der Waals surface area contributed by atoms with Gasteiger partial charge in [-0.15, -0.1) is 0 Å². The fraction of sp³-hybridized carbons (Fsp3) is 0.308. The number of anilines is 2. The molecule has 2 rings (SSSR count). The lowest BCUT2D eigenvalue weighted by molar-refractivity contribution is -0.129. The Kier molecular flexibility index (Phi) is 3.50. The van der Waals surface area contributed by atoms with Crippen molar-refractivity contribution >= 4 is 29.0 Å². The Bertz CT molecular complexity index is 554. The maximum absolute atomic E-state index is 12.0. The van der Waals surface area contributed by atoms with Crippen molar-refractivity contribution in [3.8, 4) is 5.75 Å². The Labute approximate surface area is 110 Å². The van der Waals surface area contributed by atoms with Gasteiger partial charge >= 0.3 is 0 Å². The molecule has 0 fully saturated rings. The van der Waals surface area contributed by atoms with Gasteiger partial charge in [-0.25, -0.2) is 4.90 Å². The third kappa shape index (κ3) is 2.73. The molecule has 0 bridgehead atoms. The lowest BCUT2D eigenvalue weighted by Gasteiger charge is -2.27. The highest BCUT2D eigenvalue weighted by Gasteiger charge is 2.30. The van der Waals surface area contributed by atoms with E-state index in [0.29, 0.717) is 17.1 Å².